The minimum Gasteiger partial charge on any atom is -0.358 e. The SMILES string of the molecule is Cc1[nH]c2ccc(C(=O)Nc3cccc(Cl)c3C)cc2c1C. The lowest BCUT2D eigenvalue weighted by atomic mass is 10.1. The molecule has 112 valence electrons. The van der Waals surface area contributed by atoms with Gasteiger partial charge in [0.25, 0.3) is 5.91 Å². The first-order valence-corrected chi connectivity index (χ1v) is 7.50. The lowest BCUT2D eigenvalue weighted by Gasteiger charge is -2.09. The van der Waals surface area contributed by atoms with Crippen LogP contribution in [0, 0.1) is 20.8 Å². The van der Waals surface area contributed by atoms with Gasteiger partial charge in [-0.15, -0.1) is 0 Å². The van der Waals surface area contributed by atoms with Crippen LogP contribution in [0.15, 0.2) is 36.4 Å². The summed E-state index contributed by atoms with van der Waals surface area (Å²) in [5.74, 6) is -0.134. The van der Waals surface area contributed by atoms with Gasteiger partial charge >= 0.3 is 0 Å². The van der Waals surface area contributed by atoms with Crippen LogP contribution in [-0.2, 0) is 0 Å². The normalized spacial score (nSPS) is 10.9. The number of aryl methyl sites for hydroxylation is 2. The number of amides is 1. The van der Waals surface area contributed by atoms with Gasteiger partial charge in [0.15, 0.2) is 0 Å². The molecule has 0 saturated heterocycles. The average Bonchev–Trinajstić information content (AvgIpc) is 2.78. The number of carbonyl (C=O) groups excluding carboxylic acids is 1. The van der Waals surface area contributed by atoms with Crippen LogP contribution >= 0.6 is 11.6 Å². The van der Waals surface area contributed by atoms with Crippen LogP contribution in [0.25, 0.3) is 10.9 Å². The summed E-state index contributed by atoms with van der Waals surface area (Å²) in [4.78, 5) is 15.8. The molecular weight excluding hydrogens is 296 g/mol. The Kier molecular flexibility index (Phi) is 3.67. The number of fused-ring (bicyclic) bond motifs is 1. The molecular formula is C18H17ClN2O. The lowest BCUT2D eigenvalue weighted by Crippen LogP contribution is -2.12. The van der Waals surface area contributed by atoms with E-state index in [4.69, 9.17) is 11.6 Å². The third kappa shape index (κ3) is 2.48. The second-order valence-corrected chi connectivity index (χ2v) is 5.91. The molecule has 0 fully saturated rings. The Morgan fingerprint density at radius 1 is 1.09 bits per heavy atom. The molecule has 1 amide bonds. The molecule has 1 heterocycles. The molecule has 0 unspecified atom stereocenters. The van der Waals surface area contributed by atoms with E-state index in [1.165, 1.54) is 5.56 Å². The highest BCUT2D eigenvalue weighted by Gasteiger charge is 2.11. The second-order valence-electron chi connectivity index (χ2n) is 5.50. The fourth-order valence-electron chi connectivity index (χ4n) is 2.54. The summed E-state index contributed by atoms with van der Waals surface area (Å²) < 4.78 is 0. The van der Waals surface area contributed by atoms with E-state index in [1.54, 1.807) is 0 Å². The third-order valence-corrected chi connectivity index (χ3v) is 4.50. The summed E-state index contributed by atoms with van der Waals surface area (Å²) in [5, 5.41) is 4.65. The number of anilines is 1. The first kappa shape index (κ1) is 14.7. The van der Waals surface area contributed by atoms with Crippen molar-refractivity contribution >= 4 is 34.1 Å². The molecule has 0 aliphatic heterocycles. The Morgan fingerprint density at radius 3 is 2.64 bits per heavy atom. The molecule has 1 aromatic heterocycles. The molecule has 22 heavy (non-hydrogen) atoms. The quantitative estimate of drug-likeness (QED) is 0.687. The highest BCUT2D eigenvalue weighted by molar-refractivity contribution is 6.31. The van der Waals surface area contributed by atoms with Crippen LogP contribution in [0.1, 0.15) is 27.2 Å². The number of halogens is 1. The van der Waals surface area contributed by atoms with E-state index in [9.17, 15) is 4.79 Å². The van der Waals surface area contributed by atoms with Crippen molar-refractivity contribution in [3.05, 3.63) is 63.8 Å². The molecule has 3 aromatic rings. The Labute approximate surface area is 134 Å². The van der Waals surface area contributed by atoms with Crippen LogP contribution in [-0.4, -0.2) is 10.9 Å². The lowest BCUT2D eigenvalue weighted by molar-refractivity contribution is 0.102. The van der Waals surface area contributed by atoms with E-state index in [0.717, 1.165) is 27.8 Å². The molecule has 0 atom stereocenters. The number of rotatable bonds is 2. The van der Waals surface area contributed by atoms with E-state index in [0.29, 0.717) is 10.6 Å². The van der Waals surface area contributed by atoms with Crippen LogP contribution in [0.2, 0.25) is 5.02 Å². The highest BCUT2D eigenvalue weighted by Crippen LogP contribution is 2.25. The van der Waals surface area contributed by atoms with Gasteiger partial charge in [-0.1, -0.05) is 17.7 Å². The maximum absolute atomic E-state index is 12.5. The number of H-pyrrole nitrogens is 1. The molecule has 0 aliphatic rings. The number of carbonyl (C=O) groups is 1. The summed E-state index contributed by atoms with van der Waals surface area (Å²) in [6, 6.07) is 11.2. The molecule has 3 rings (SSSR count). The highest BCUT2D eigenvalue weighted by atomic mass is 35.5. The smallest absolute Gasteiger partial charge is 0.255 e. The zero-order valence-corrected chi connectivity index (χ0v) is 13.5. The number of benzene rings is 2. The Morgan fingerprint density at radius 2 is 1.86 bits per heavy atom. The molecule has 0 radical (unpaired) electrons. The molecule has 4 heteroatoms. The summed E-state index contributed by atoms with van der Waals surface area (Å²) >= 11 is 6.09. The fraction of sp³-hybridized carbons (Fsp3) is 0.167. The zero-order chi connectivity index (χ0) is 15.9. The third-order valence-electron chi connectivity index (χ3n) is 4.09. The molecule has 0 bridgehead atoms. The van der Waals surface area contributed by atoms with Crippen LogP contribution in [0.4, 0.5) is 5.69 Å². The summed E-state index contributed by atoms with van der Waals surface area (Å²) in [5.41, 5.74) is 5.58. The van der Waals surface area contributed by atoms with Gasteiger partial charge < -0.3 is 10.3 Å². The fourth-order valence-corrected chi connectivity index (χ4v) is 2.71. The predicted octanol–water partition coefficient (Wildman–Crippen LogP) is 5.00. The van der Waals surface area contributed by atoms with Crippen molar-refractivity contribution in [1.82, 2.24) is 4.98 Å². The second kappa shape index (κ2) is 5.50. The Hall–Kier alpha value is -2.26. The van der Waals surface area contributed by atoms with Gasteiger partial charge in [0.2, 0.25) is 0 Å². The molecule has 3 nitrogen and oxygen atoms in total. The van der Waals surface area contributed by atoms with E-state index >= 15 is 0 Å². The topological polar surface area (TPSA) is 44.9 Å². The van der Waals surface area contributed by atoms with E-state index < -0.39 is 0 Å². The maximum Gasteiger partial charge on any atom is 0.255 e. The minimum absolute atomic E-state index is 0.134. The van der Waals surface area contributed by atoms with Crippen LogP contribution < -0.4 is 5.32 Å². The molecule has 0 aliphatic carbocycles. The monoisotopic (exact) mass is 312 g/mol. The summed E-state index contributed by atoms with van der Waals surface area (Å²) in [6.07, 6.45) is 0. The summed E-state index contributed by atoms with van der Waals surface area (Å²) in [7, 11) is 0. The van der Waals surface area contributed by atoms with Crippen molar-refractivity contribution in [1.29, 1.82) is 0 Å². The van der Waals surface area contributed by atoms with Crippen molar-refractivity contribution in [2.45, 2.75) is 20.8 Å². The van der Waals surface area contributed by atoms with Crippen molar-refractivity contribution < 1.29 is 4.79 Å². The average molecular weight is 313 g/mol. The van der Waals surface area contributed by atoms with Gasteiger partial charge in [-0.05, 0) is 62.2 Å². The number of aromatic nitrogens is 1. The number of hydrogen-bond donors (Lipinski definition) is 2. The largest absolute Gasteiger partial charge is 0.358 e. The van der Waals surface area contributed by atoms with Gasteiger partial charge in [0, 0.05) is 32.9 Å². The van der Waals surface area contributed by atoms with Crippen molar-refractivity contribution in [3.63, 3.8) is 0 Å². The number of hydrogen-bond acceptors (Lipinski definition) is 1. The van der Waals surface area contributed by atoms with Crippen molar-refractivity contribution in [2.75, 3.05) is 5.32 Å². The maximum atomic E-state index is 12.5. The molecule has 2 N–H and O–H groups in total. The Balaban J connectivity index is 1.95. The van der Waals surface area contributed by atoms with Gasteiger partial charge in [0.05, 0.1) is 0 Å². The molecule has 0 saturated carbocycles. The van der Waals surface area contributed by atoms with Gasteiger partial charge in [-0.25, -0.2) is 0 Å². The predicted molar refractivity (Wildman–Crippen MR) is 91.9 cm³/mol. The van der Waals surface area contributed by atoms with E-state index in [-0.39, 0.29) is 5.91 Å². The zero-order valence-electron chi connectivity index (χ0n) is 12.8. The van der Waals surface area contributed by atoms with E-state index in [2.05, 4.69) is 17.2 Å². The molecule has 0 spiro atoms. The first-order valence-electron chi connectivity index (χ1n) is 7.13. The summed E-state index contributed by atoms with van der Waals surface area (Å²) in [6.45, 7) is 5.97. The van der Waals surface area contributed by atoms with Crippen LogP contribution in [0.5, 0.6) is 0 Å². The molecule has 2 aromatic carbocycles. The minimum atomic E-state index is -0.134. The van der Waals surface area contributed by atoms with E-state index in [1.807, 2.05) is 50.2 Å². The van der Waals surface area contributed by atoms with Crippen molar-refractivity contribution in [3.8, 4) is 0 Å². The number of aromatic amines is 1. The van der Waals surface area contributed by atoms with Gasteiger partial charge in [-0.2, -0.15) is 0 Å². The standard InChI is InChI=1S/C18H17ClN2O/c1-10-12(3)20-17-8-7-13(9-14(10)17)18(22)21-16-6-4-5-15(19)11(16)2/h4-9,20H,1-3H3,(H,21,22). The number of nitrogens with one attached hydrogen (secondary N) is 2. The van der Waals surface area contributed by atoms with Gasteiger partial charge in [-0.3, -0.25) is 4.79 Å². The van der Waals surface area contributed by atoms with Crippen molar-refractivity contribution in [2.24, 2.45) is 0 Å². The first-order chi connectivity index (χ1) is 10.5. The van der Waals surface area contributed by atoms with Gasteiger partial charge in [0.1, 0.15) is 0 Å². The van der Waals surface area contributed by atoms with Crippen LogP contribution in [0.3, 0.4) is 0 Å². The Bertz CT molecular complexity index is 880.